The van der Waals surface area contributed by atoms with Gasteiger partial charge >= 0.3 is 0 Å². The number of hydrogen-bond donors (Lipinski definition) is 2. The third-order valence-electron chi connectivity index (χ3n) is 6.13. The summed E-state index contributed by atoms with van der Waals surface area (Å²) in [6.07, 6.45) is 7.17. The molecule has 4 rings (SSSR count). The molecule has 138 valence electrons. The van der Waals surface area contributed by atoms with Crippen LogP contribution in [-0.4, -0.2) is 59.8 Å². The zero-order valence-corrected chi connectivity index (χ0v) is 15.4. The normalized spacial score (nSPS) is 24.5. The molecule has 1 saturated carbocycles. The molecule has 1 aromatic carbocycles. The largest absolute Gasteiger partial charge is 0.393 e. The van der Waals surface area contributed by atoms with Crippen LogP contribution in [0.5, 0.6) is 0 Å². The standard InChI is InChI=1S/C21H33N3O/c25-20-9-13-24(14-10-20)16-18-3-1-2-4-21(18)22-19-7-11-23(12-8-19)15-17-5-6-17/h1-4,17,19-20,22,25H,5-16H2. The number of benzene rings is 1. The summed E-state index contributed by atoms with van der Waals surface area (Å²) in [6, 6.07) is 9.41. The van der Waals surface area contributed by atoms with Crippen LogP contribution in [0.15, 0.2) is 24.3 Å². The number of nitrogens with one attached hydrogen (secondary N) is 1. The Labute approximate surface area is 152 Å². The SMILES string of the molecule is OC1CCN(Cc2ccccc2NC2CCN(CC3CC3)CC2)CC1. The maximum atomic E-state index is 9.70. The van der Waals surface area contributed by atoms with Crippen molar-refractivity contribution in [1.29, 1.82) is 0 Å². The zero-order valence-electron chi connectivity index (χ0n) is 15.4. The molecule has 0 aromatic heterocycles. The first-order valence-corrected chi connectivity index (χ1v) is 10.2. The van der Waals surface area contributed by atoms with Gasteiger partial charge in [-0.2, -0.15) is 0 Å². The quantitative estimate of drug-likeness (QED) is 0.833. The Hall–Kier alpha value is -1.10. The van der Waals surface area contributed by atoms with Crippen molar-refractivity contribution in [2.24, 2.45) is 5.92 Å². The minimum Gasteiger partial charge on any atom is -0.393 e. The lowest BCUT2D eigenvalue weighted by Crippen LogP contribution is -2.40. The van der Waals surface area contributed by atoms with Crippen LogP contribution in [0.4, 0.5) is 5.69 Å². The summed E-state index contributed by atoms with van der Waals surface area (Å²) in [5.74, 6) is 1.01. The van der Waals surface area contributed by atoms with E-state index in [-0.39, 0.29) is 6.10 Å². The van der Waals surface area contributed by atoms with Crippen molar-refractivity contribution < 1.29 is 5.11 Å². The van der Waals surface area contributed by atoms with E-state index >= 15 is 0 Å². The number of likely N-dealkylation sites (tertiary alicyclic amines) is 2. The van der Waals surface area contributed by atoms with Crippen LogP contribution in [0.1, 0.15) is 44.1 Å². The van der Waals surface area contributed by atoms with Gasteiger partial charge in [-0.3, -0.25) is 4.90 Å². The van der Waals surface area contributed by atoms with Gasteiger partial charge in [-0.1, -0.05) is 18.2 Å². The molecule has 3 fully saturated rings. The van der Waals surface area contributed by atoms with Crippen molar-refractivity contribution in [2.45, 2.75) is 57.2 Å². The smallest absolute Gasteiger partial charge is 0.0564 e. The molecule has 0 unspecified atom stereocenters. The Morgan fingerprint density at radius 2 is 1.56 bits per heavy atom. The fraction of sp³-hybridized carbons (Fsp3) is 0.714. The van der Waals surface area contributed by atoms with Crippen molar-refractivity contribution in [1.82, 2.24) is 9.80 Å². The number of aliphatic hydroxyl groups is 1. The molecule has 2 heterocycles. The molecule has 0 atom stereocenters. The highest BCUT2D eigenvalue weighted by Crippen LogP contribution is 2.31. The summed E-state index contributed by atoms with van der Waals surface area (Å²) in [4.78, 5) is 5.15. The molecular formula is C21H33N3O. The third-order valence-corrected chi connectivity index (χ3v) is 6.13. The van der Waals surface area contributed by atoms with Crippen LogP contribution in [0, 0.1) is 5.92 Å². The molecule has 4 nitrogen and oxygen atoms in total. The zero-order chi connectivity index (χ0) is 17.1. The number of nitrogens with zero attached hydrogens (tertiary/aromatic N) is 2. The van der Waals surface area contributed by atoms with Gasteiger partial charge in [0.2, 0.25) is 0 Å². The first-order valence-electron chi connectivity index (χ1n) is 10.2. The highest BCUT2D eigenvalue weighted by molar-refractivity contribution is 5.51. The second-order valence-corrected chi connectivity index (χ2v) is 8.33. The van der Waals surface area contributed by atoms with Crippen LogP contribution >= 0.6 is 0 Å². The van der Waals surface area contributed by atoms with E-state index in [4.69, 9.17) is 0 Å². The van der Waals surface area contributed by atoms with Gasteiger partial charge in [0, 0.05) is 51.0 Å². The van der Waals surface area contributed by atoms with Crippen molar-refractivity contribution in [3.63, 3.8) is 0 Å². The van der Waals surface area contributed by atoms with Gasteiger partial charge in [0.1, 0.15) is 0 Å². The molecule has 0 bridgehead atoms. The topological polar surface area (TPSA) is 38.7 Å². The van der Waals surface area contributed by atoms with Crippen LogP contribution in [0.2, 0.25) is 0 Å². The van der Waals surface area contributed by atoms with E-state index in [1.54, 1.807) is 0 Å². The Morgan fingerprint density at radius 3 is 2.28 bits per heavy atom. The van der Waals surface area contributed by atoms with Crippen LogP contribution in [0.25, 0.3) is 0 Å². The highest BCUT2D eigenvalue weighted by atomic mass is 16.3. The molecule has 0 spiro atoms. The lowest BCUT2D eigenvalue weighted by molar-refractivity contribution is 0.0793. The lowest BCUT2D eigenvalue weighted by Gasteiger charge is -2.34. The van der Waals surface area contributed by atoms with E-state index in [1.165, 1.54) is 56.6 Å². The first-order chi connectivity index (χ1) is 12.3. The average Bonchev–Trinajstić information content (AvgIpc) is 3.44. The van der Waals surface area contributed by atoms with Gasteiger partial charge < -0.3 is 15.3 Å². The molecule has 25 heavy (non-hydrogen) atoms. The highest BCUT2D eigenvalue weighted by Gasteiger charge is 2.27. The molecule has 4 heteroatoms. The molecule has 2 saturated heterocycles. The average molecular weight is 344 g/mol. The predicted octanol–water partition coefficient (Wildman–Crippen LogP) is 2.93. The molecule has 3 aliphatic rings. The number of anilines is 1. The maximum absolute atomic E-state index is 9.70. The van der Waals surface area contributed by atoms with Gasteiger partial charge in [-0.15, -0.1) is 0 Å². The fourth-order valence-corrected chi connectivity index (χ4v) is 4.26. The second-order valence-electron chi connectivity index (χ2n) is 8.33. The van der Waals surface area contributed by atoms with Crippen molar-refractivity contribution in [3.05, 3.63) is 29.8 Å². The van der Waals surface area contributed by atoms with Crippen LogP contribution in [-0.2, 0) is 6.54 Å². The molecule has 1 aromatic rings. The predicted molar refractivity (Wildman–Crippen MR) is 103 cm³/mol. The number of para-hydroxylation sites is 1. The van der Waals surface area contributed by atoms with E-state index < -0.39 is 0 Å². The van der Waals surface area contributed by atoms with E-state index in [9.17, 15) is 5.11 Å². The van der Waals surface area contributed by atoms with Crippen molar-refractivity contribution in [3.8, 4) is 0 Å². The van der Waals surface area contributed by atoms with E-state index in [0.717, 1.165) is 38.4 Å². The number of rotatable bonds is 6. The fourth-order valence-electron chi connectivity index (χ4n) is 4.26. The molecule has 0 radical (unpaired) electrons. The Kier molecular flexibility index (Phi) is 5.59. The monoisotopic (exact) mass is 343 g/mol. The van der Waals surface area contributed by atoms with Crippen molar-refractivity contribution >= 4 is 5.69 Å². The molecule has 1 aliphatic carbocycles. The van der Waals surface area contributed by atoms with E-state index in [2.05, 4.69) is 39.4 Å². The lowest BCUT2D eigenvalue weighted by atomic mass is 10.0. The number of piperidine rings is 2. The Morgan fingerprint density at radius 1 is 0.880 bits per heavy atom. The molecule has 2 N–H and O–H groups in total. The molecule has 2 aliphatic heterocycles. The summed E-state index contributed by atoms with van der Waals surface area (Å²) < 4.78 is 0. The summed E-state index contributed by atoms with van der Waals surface area (Å²) >= 11 is 0. The minimum absolute atomic E-state index is 0.0922. The van der Waals surface area contributed by atoms with Crippen molar-refractivity contribution in [2.75, 3.05) is 38.0 Å². The van der Waals surface area contributed by atoms with Crippen LogP contribution < -0.4 is 5.32 Å². The van der Waals surface area contributed by atoms with Crippen LogP contribution in [0.3, 0.4) is 0 Å². The van der Waals surface area contributed by atoms with Gasteiger partial charge in [-0.05, 0) is 56.1 Å². The third kappa shape index (κ3) is 4.96. The first kappa shape index (κ1) is 17.3. The number of aliphatic hydroxyl groups excluding tert-OH is 1. The van der Waals surface area contributed by atoms with Gasteiger partial charge in [0.05, 0.1) is 6.10 Å². The van der Waals surface area contributed by atoms with Gasteiger partial charge in [-0.25, -0.2) is 0 Å². The number of hydrogen-bond acceptors (Lipinski definition) is 4. The Bertz CT molecular complexity index is 544. The summed E-state index contributed by atoms with van der Waals surface area (Å²) in [5.41, 5.74) is 2.72. The summed E-state index contributed by atoms with van der Waals surface area (Å²) in [7, 11) is 0. The van der Waals surface area contributed by atoms with Gasteiger partial charge in [0.25, 0.3) is 0 Å². The summed E-state index contributed by atoms with van der Waals surface area (Å²) in [6.45, 7) is 6.85. The Balaban J connectivity index is 1.30. The second kappa shape index (κ2) is 8.07. The summed E-state index contributed by atoms with van der Waals surface area (Å²) in [5, 5.41) is 13.5. The molecular weight excluding hydrogens is 310 g/mol. The van der Waals surface area contributed by atoms with E-state index in [1.807, 2.05) is 0 Å². The molecule has 0 amide bonds. The van der Waals surface area contributed by atoms with Gasteiger partial charge in [0.15, 0.2) is 0 Å². The minimum atomic E-state index is -0.0922. The maximum Gasteiger partial charge on any atom is 0.0564 e. The van der Waals surface area contributed by atoms with E-state index in [0.29, 0.717) is 6.04 Å².